The number of rotatable bonds is 3. The van der Waals surface area contributed by atoms with Crippen LogP contribution in [0, 0.1) is 12.7 Å². The number of aromatic nitrogens is 2. The van der Waals surface area contributed by atoms with Crippen LogP contribution in [0.1, 0.15) is 15.9 Å². The van der Waals surface area contributed by atoms with Crippen molar-refractivity contribution >= 4 is 39.9 Å². The quantitative estimate of drug-likeness (QED) is 0.770. The number of carbonyl (C=O) groups excluding carboxylic acids is 1. The number of anilines is 2. The highest BCUT2D eigenvalue weighted by molar-refractivity contribution is 6.30. The van der Waals surface area contributed by atoms with Gasteiger partial charge < -0.3 is 15.6 Å². The highest BCUT2D eigenvalue weighted by Crippen LogP contribution is 2.32. The minimum absolute atomic E-state index is 0.0269. The van der Waals surface area contributed by atoms with Gasteiger partial charge >= 0.3 is 0 Å². The van der Waals surface area contributed by atoms with Crippen molar-refractivity contribution in [3.05, 3.63) is 52.6 Å². The first-order valence-electron chi connectivity index (χ1n) is 6.85. The van der Waals surface area contributed by atoms with Crippen LogP contribution in [0.15, 0.2) is 30.6 Å². The predicted molar refractivity (Wildman–Crippen MR) is 88.7 cm³/mol. The van der Waals surface area contributed by atoms with E-state index >= 15 is 0 Å². The fourth-order valence-electron chi connectivity index (χ4n) is 2.49. The van der Waals surface area contributed by atoms with Crippen molar-refractivity contribution in [1.29, 1.82) is 0 Å². The number of fused-ring (bicyclic) bond motifs is 1. The molecule has 0 radical (unpaired) electrons. The zero-order valence-electron chi connectivity index (χ0n) is 12.5. The van der Waals surface area contributed by atoms with Crippen molar-refractivity contribution in [3.63, 3.8) is 0 Å². The molecule has 0 fully saturated rings. The Kier molecular flexibility index (Phi) is 3.69. The summed E-state index contributed by atoms with van der Waals surface area (Å²) in [7, 11) is 1.68. The molecular formula is C16H14ClFN4O. The Labute approximate surface area is 136 Å². The van der Waals surface area contributed by atoms with Crippen molar-refractivity contribution in [2.45, 2.75) is 6.92 Å². The van der Waals surface area contributed by atoms with E-state index in [1.807, 2.05) is 6.92 Å². The van der Waals surface area contributed by atoms with Crippen molar-refractivity contribution in [3.8, 4) is 0 Å². The summed E-state index contributed by atoms with van der Waals surface area (Å²) in [6, 6.07) is 6.62. The van der Waals surface area contributed by atoms with E-state index < -0.39 is 11.7 Å². The molecule has 7 heteroatoms. The van der Waals surface area contributed by atoms with E-state index in [2.05, 4.69) is 10.3 Å². The molecule has 0 aliphatic carbocycles. The summed E-state index contributed by atoms with van der Waals surface area (Å²) in [6.07, 6.45) is 1.48. The van der Waals surface area contributed by atoms with Crippen molar-refractivity contribution in [1.82, 2.24) is 9.55 Å². The van der Waals surface area contributed by atoms with Gasteiger partial charge in [0.1, 0.15) is 5.52 Å². The number of benzene rings is 2. The number of nitrogens with two attached hydrogens (primary N) is 1. The van der Waals surface area contributed by atoms with Crippen molar-refractivity contribution < 1.29 is 9.18 Å². The van der Waals surface area contributed by atoms with E-state index in [4.69, 9.17) is 17.3 Å². The smallest absolute Gasteiger partial charge is 0.251 e. The monoisotopic (exact) mass is 332 g/mol. The number of primary amides is 1. The summed E-state index contributed by atoms with van der Waals surface area (Å²) < 4.78 is 16.5. The molecule has 0 aliphatic heterocycles. The van der Waals surface area contributed by atoms with Crippen LogP contribution in [-0.2, 0) is 7.05 Å². The van der Waals surface area contributed by atoms with Crippen LogP contribution < -0.4 is 11.1 Å². The molecule has 2 aromatic carbocycles. The maximum Gasteiger partial charge on any atom is 0.251 e. The number of nitrogens with one attached hydrogen (secondary N) is 1. The first-order valence-corrected chi connectivity index (χ1v) is 7.22. The lowest BCUT2D eigenvalue weighted by Crippen LogP contribution is -2.15. The fourth-order valence-corrected chi connectivity index (χ4v) is 2.71. The Morgan fingerprint density at radius 1 is 1.39 bits per heavy atom. The molecule has 0 unspecified atom stereocenters. The summed E-state index contributed by atoms with van der Waals surface area (Å²) in [5.74, 6) is -1.31. The van der Waals surface area contributed by atoms with Crippen LogP contribution in [0.3, 0.4) is 0 Å². The molecule has 0 atom stereocenters. The third-order valence-electron chi connectivity index (χ3n) is 3.66. The lowest BCUT2D eigenvalue weighted by Gasteiger charge is -2.14. The van der Waals surface area contributed by atoms with Crippen LogP contribution in [0.4, 0.5) is 15.8 Å². The largest absolute Gasteiger partial charge is 0.366 e. The third kappa shape index (κ3) is 2.61. The Morgan fingerprint density at radius 3 is 2.78 bits per heavy atom. The van der Waals surface area contributed by atoms with Gasteiger partial charge in [-0.05, 0) is 36.8 Å². The fraction of sp³-hybridized carbons (Fsp3) is 0.125. The number of halogens is 2. The van der Waals surface area contributed by atoms with Gasteiger partial charge in [-0.1, -0.05) is 11.6 Å². The molecule has 0 bridgehead atoms. The van der Waals surface area contributed by atoms with E-state index in [1.54, 1.807) is 29.8 Å². The molecule has 0 spiro atoms. The maximum atomic E-state index is 14.9. The van der Waals surface area contributed by atoms with Gasteiger partial charge in [0.25, 0.3) is 5.91 Å². The number of imidazole rings is 1. The molecule has 1 amide bonds. The van der Waals surface area contributed by atoms with E-state index in [0.29, 0.717) is 21.7 Å². The van der Waals surface area contributed by atoms with Gasteiger partial charge in [-0.15, -0.1) is 0 Å². The van der Waals surface area contributed by atoms with Crippen LogP contribution in [0.2, 0.25) is 5.02 Å². The third-order valence-corrected chi connectivity index (χ3v) is 3.89. The number of hydrogen-bond donors (Lipinski definition) is 2. The van der Waals surface area contributed by atoms with Gasteiger partial charge in [-0.2, -0.15) is 0 Å². The summed E-state index contributed by atoms with van der Waals surface area (Å²) >= 11 is 5.93. The van der Waals surface area contributed by atoms with Gasteiger partial charge in [0.2, 0.25) is 0 Å². The number of amides is 1. The molecule has 1 aromatic heterocycles. The molecule has 1 heterocycles. The second-order valence-corrected chi connectivity index (χ2v) is 5.72. The predicted octanol–water partition coefficient (Wildman–Crippen LogP) is 3.52. The van der Waals surface area contributed by atoms with Gasteiger partial charge in [0.15, 0.2) is 5.82 Å². The zero-order valence-corrected chi connectivity index (χ0v) is 13.3. The van der Waals surface area contributed by atoms with Crippen molar-refractivity contribution in [2.75, 3.05) is 5.32 Å². The molecule has 0 saturated carbocycles. The average Bonchev–Trinajstić information content (AvgIpc) is 2.85. The minimum atomic E-state index is -0.731. The molecule has 3 N–H and O–H groups in total. The average molecular weight is 333 g/mol. The van der Waals surface area contributed by atoms with Gasteiger partial charge in [0.05, 0.1) is 23.1 Å². The SMILES string of the molecule is Cc1cc(Cl)ccc1Nc1c(C(N)=O)cc2ncn(C)c2c1F. The highest BCUT2D eigenvalue weighted by atomic mass is 35.5. The van der Waals surface area contributed by atoms with E-state index in [1.165, 1.54) is 12.4 Å². The Bertz CT molecular complexity index is 935. The second kappa shape index (κ2) is 5.55. The van der Waals surface area contributed by atoms with E-state index in [0.717, 1.165) is 5.56 Å². The summed E-state index contributed by atoms with van der Waals surface area (Å²) in [4.78, 5) is 15.8. The van der Waals surface area contributed by atoms with Gasteiger partial charge in [0, 0.05) is 17.8 Å². The summed E-state index contributed by atoms with van der Waals surface area (Å²) in [5, 5.41) is 3.53. The Morgan fingerprint density at radius 2 is 2.13 bits per heavy atom. The van der Waals surface area contributed by atoms with Crippen LogP contribution in [0.25, 0.3) is 11.0 Å². The number of carbonyl (C=O) groups is 1. The molecule has 3 aromatic rings. The van der Waals surface area contributed by atoms with E-state index in [-0.39, 0.29) is 11.3 Å². The van der Waals surface area contributed by atoms with Crippen molar-refractivity contribution in [2.24, 2.45) is 12.8 Å². The molecule has 0 aliphatic rings. The Hall–Kier alpha value is -2.60. The van der Waals surface area contributed by atoms with Gasteiger partial charge in [-0.25, -0.2) is 9.37 Å². The molecule has 3 rings (SSSR count). The molecule has 23 heavy (non-hydrogen) atoms. The van der Waals surface area contributed by atoms with Crippen LogP contribution in [0.5, 0.6) is 0 Å². The van der Waals surface area contributed by atoms with E-state index in [9.17, 15) is 9.18 Å². The van der Waals surface area contributed by atoms with Gasteiger partial charge in [-0.3, -0.25) is 4.79 Å². The highest BCUT2D eigenvalue weighted by Gasteiger charge is 2.20. The molecular weight excluding hydrogens is 319 g/mol. The lowest BCUT2D eigenvalue weighted by atomic mass is 10.1. The number of aryl methyl sites for hydroxylation is 2. The molecule has 118 valence electrons. The standard InChI is InChI=1S/C16H14ClFN4O/c1-8-5-9(17)3-4-11(8)21-14-10(16(19)23)6-12-15(13(14)18)22(2)7-20-12/h3-7,21H,1-2H3,(H2,19,23). The lowest BCUT2D eigenvalue weighted by molar-refractivity contribution is 0.100. The second-order valence-electron chi connectivity index (χ2n) is 5.28. The molecule has 5 nitrogen and oxygen atoms in total. The van der Waals surface area contributed by atoms with Crippen LogP contribution in [-0.4, -0.2) is 15.5 Å². The normalized spacial score (nSPS) is 11.0. The summed E-state index contributed by atoms with van der Waals surface area (Å²) in [5.41, 5.74) is 7.59. The number of hydrogen-bond acceptors (Lipinski definition) is 3. The zero-order chi connectivity index (χ0) is 16.7. The maximum absolute atomic E-state index is 14.9. The first-order chi connectivity index (χ1) is 10.9. The Balaban J connectivity index is 2.22. The summed E-state index contributed by atoms with van der Waals surface area (Å²) in [6.45, 7) is 1.83. The minimum Gasteiger partial charge on any atom is -0.366 e. The van der Waals surface area contributed by atoms with Crippen LogP contribution >= 0.6 is 11.6 Å². The first kappa shape index (κ1) is 15.3. The number of nitrogens with zero attached hydrogens (tertiary/aromatic N) is 2. The molecule has 0 saturated heterocycles. The topological polar surface area (TPSA) is 72.9 Å².